The predicted octanol–water partition coefficient (Wildman–Crippen LogP) is 0.00610. The van der Waals surface area contributed by atoms with Gasteiger partial charge in [-0.25, -0.2) is 4.68 Å². The summed E-state index contributed by atoms with van der Waals surface area (Å²) in [6.07, 6.45) is 3.54. The Kier molecular flexibility index (Phi) is 2.76. The molecule has 1 unspecified atom stereocenters. The van der Waals surface area contributed by atoms with Crippen LogP contribution in [0.2, 0.25) is 0 Å². The van der Waals surface area contributed by atoms with Crippen molar-refractivity contribution in [2.45, 2.75) is 24.3 Å². The van der Waals surface area contributed by atoms with Gasteiger partial charge >= 0.3 is 0 Å². The Labute approximate surface area is 115 Å². The van der Waals surface area contributed by atoms with E-state index in [0.29, 0.717) is 13.2 Å². The highest BCUT2D eigenvalue weighted by Crippen LogP contribution is 2.33. The number of ether oxygens (including phenoxy) is 2. The van der Waals surface area contributed by atoms with Crippen molar-refractivity contribution in [2.24, 2.45) is 5.73 Å². The third kappa shape index (κ3) is 1.82. The van der Waals surface area contributed by atoms with Crippen molar-refractivity contribution >= 4 is 0 Å². The van der Waals surface area contributed by atoms with Gasteiger partial charge in [0, 0.05) is 6.20 Å². The fraction of sp³-hybridized carbons (Fsp3) is 0.462. The van der Waals surface area contributed by atoms with Crippen molar-refractivity contribution in [2.75, 3.05) is 13.2 Å². The molecule has 2 aliphatic rings. The van der Waals surface area contributed by atoms with Gasteiger partial charge in [0.2, 0.25) is 0 Å². The van der Waals surface area contributed by atoms with Crippen LogP contribution < -0.4 is 5.73 Å². The van der Waals surface area contributed by atoms with Gasteiger partial charge in [-0.05, 0) is 12.1 Å². The molecular weight excluding hydrogens is 258 g/mol. The Hall–Kier alpha value is -1.83. The number of nitrogens with two attached hydrogens (primary N) is 1. The van der Waals surface area contributed by atoms with E-state index in [9.17, 15) is 0 Å². The summed E-state index contributed by atoms with van der Waals surface area (Å²) in [7, 11) is 0. The number of hydrogen-bond acceptors (Lipinski definition) is 6. The van der Waals surface area contributed by atoms with Crippen LogP contribution in [-0.4, -0.2) is 51.4 Å². The topological polar surface area (TPSA) is 88.1 Å². The maximum Gasteiger partial charge on any atom is 0.131 e. The Morgan fingerprint density at radius 2 is 2.05 bits per heavy atom. The van der Waals surface area contributed by atoms with E-state index in [1.54, 1.807) is 10.9 Å². The van der Waals surface area contributed by atoms with Gasteiger partial charge in [-0.15, -0.1) is 5.10 Å². The SMILES string of the molecule is N[C@H]1CO[C@H]2C1OC[C@@H]2n1cc(-c2ccccn2)nn1. The molecule has 0 aliphatic carbocycles. The van der Waals surface area contributed by atoms with Crippen LogP contribution >= 0.6 is 0 Å². The molecule has 0 aromatic carbocycles. The van der Waals surface area contributed by atoms with Crippen molar-refractivity contribution in [3.63, 3.8) is 0 Å². The summed E-state index contributed by atoms with van der Waals surface area (Å²) >= 11 is 0. The average molecular weight is 273 g/mol. The Bertz CT molecular complexity index is 602. The van der Waals surface area contributed by atoms with Crippen molar-refractivity contribution in [1.29, 1.82) is 0 Å². The van der Waals surface area contributed by atoms with E-state index in [1.165, 1.54) is 0 Å². The molecule has 0 bridgehead atoms. The Morgan fingerprint density at radius 1 is 1.15 bits per heavy atom. The largest absolute Gasteiger partial charge is 0.371 e. The molecule has 0 amide bonds. The summed E-state index contributed by atoms with van der Waals surface area (Å²) in [6.45, 7) is 1.09. The van der Waals surface area contributed by atoms with Crippen LogP contribution in [0.5, 0.6) is 0 Å². The summed E-state index contributed by atoms with van der Waals surface area (Å²) in [4.78, 5) is 4.27. The van der Waals surface area contributed by atoms with Crippen LogP contribution in [0, 0.1) is 0 Å². The first-order chi connectivity index (χ1) is 9.83. The first-order valence-electron chi connectivity index (χ1n) is 6.65. The van der Waals surface area contributed by atoms with Crippen molar-refractivity contribution in [3.8, 4) is 11.4 Å². The van der Waals surface area contributed by atoms with Crippen LogP contribution in [0.15, 0.2) is 30.6 Å². The monoisotopic (exact) mass is 273 g/mol. The van der Waals surface area contributed by atoms with Crippen molar-refractivity contribution < 1.29 is 9.47 Å². The van der Waals surface area contributed by atoms with Gasteiger partial charge in [0.1, 0.15) is 23.9 Å². The zero-order valence-corrected chi connectivity index (χ0v) is 10.8. The lowest BCUT2D eigenvalue weighted by Gasteiger charge is -2.15. The molecule has 2 fully saturated rings. The first-order valence-corrected chi connectivity index (χ1v) is 6.65. The summed E-state index contributed by atoms with van der Waals surface area (Å²) in [5.41, 5.74) is 7.50. The van der Waals surface area contributed by atoms with Gasteiger partial charge < -0.3 is 15.2 Å². The van der Waals surface area contributed by atoms with Crippen molar-refractivity contribution in [1.82, 2.24) is 20.0 Å². The molecular formula is C13H15N5O2. The lowest BCUT2D eigenvalue weighted by molar-refractivity contribution is 0.0627. The first kappa shape index (κ1) is 12.0. The van der Waals surface area contributed by atoms with Crippen LogP contribution in [0.25, 0.3) is 11.4 Å². The van der Waals surface area contributed by atoms with Gasteiger partial charge in [0.15, 0.2) is 0 Å². The number of aromatic nitrogens is 4. The van der Waals surface area contributed by atoms with E-state index in [-0.39, 0.29) is 24.3 Å². The molecule has 2 N–H and O–H groups in total. The van der Waals surface area contributed by atoms with Crippen LogP contribution in [0.3, 0.4) is 0 Å². The maximum absolute atomic E-state index is 5.95. The molecule has 104 valence electrons. The predicted molar refractivity (Wildman–Crippen MR) is 69.7 cm³/mol. The van der Waals surface area contributed by atoms with Crippen molar-refractivity contribution in [3.05, 3.63) is 30.6 Å². The summed E-state index contributed by atoms with van der Waals surface area (Å²) in [5, 5.41) is 8.36. The minimum atomic E-state index is -0.0521. The average Bonchev–Trinajstić information content (AvgIpc) is 3.18. The molecule has 0 saturated carbocycles. The maximum atomic E-state index is 5.95. The molecule has 0 spiro atoms. The third-order valence-corrected chi connectivity index (χ3v) is 3.84. The highest BCUT2D eigenvalue weighted by molar-refractivity contribution is 5.51. The molecule has 2 saturated heterocycles. The second kappa shape index (κ2) is 4.62. The number of fused-ring (bicyclic) bond motifs is 1. The zero-order chi connectivity index (χ0) is 13.5. The number of rotatable bonds is 2. The minimum absolute atomic E-state index is 0.0264. The Balaban J connectivity index is 1.60. The molecule has 0 radical (unpaired) electrons. The molecule has 4 heterocycles. The van der Waals surface area contributed by atoms with Gasteiger partial charge in [0.05, 0.1) is 31.1 Å². The lowest BCUT2D eigenvalue weighted by Crippen LogP contribution is -2.36. The van der Waals surface area contributed by atoms with Crippen LogP contribution in [0.1, 0.15) is 6.04 Å². The van der Waals surface area contributed by atoms with E-state index in [0.717, 1.165) is 11.4 Å². The molecule has 2 aromatic rings. The third-order valence-electron chi connectivity index (χ3n) is 3.84. The fourth-order valence-electron chi connectivity index (χ4n) is 2.81. The molecule has 7 nitrogen and oxygen atoms in total. The minimum Gasteiger partial charge on any atom is -0.371 e. The van der Waals surface area contributed by atoms with Crippen LogP contribution in [-0.2, 0) is 9.47 Å². The quantitative estimate of drug-likeness (QED) is 0.829. The molecule has 2 aliphatic heterocycles. The smallest absolute Gasteiger partial charge is 0.131 e. The molecule has 2 aromatic heterocycles. The second-order valence-corrected chi connectivity index (χ2v) is 5.13. The summed E-state index contributed by atoms with van der Waals surface area (Å²) in [5.74, 6) is 0. The fourth-order valence-corrected chi connectivity index (χ4v) is 2.81. The normalized spacial score (nSPS) is 32.5. The van der Waals surface area contributed by atoms with E-state index >= 15 is 0 Å². The number of nitrogens with zero attached hydrogens (tertiary/aromatic N) is 4. The Morgan fingerprint density at radius 3 is 2.90 bits per heavy atom. The highest BCUT2D eigenvalue weighted by atomic mass is 16.6. The van der Waals surface area contributed by atoms with Gasteiger partial charge in [-0.1, -0.05) is 11.3 Å². The highest BCUT2D eigenvalue weighted by Gasteiger charge is 2.47. The van der Waals surface area contributed by atoms with E-state index in [1.807, 2.05) is 24.4 Å². The van der Waals surface area contributed by atoms with Crippen LogP contribution in [0.4, 0.5) is 0 Å². The number of pyridine rings is 1. The van der Waals surface area contributed by atoms with Gasteiger partial charge in [0.25, 0.3) is 0 Å². The standard InChI is InChI=1S/C13H15N5O2/c14-8-6-19-13-11(7-20-12(8)13)18-5-10(16-17-18)9-3-1-2-4-15-9/h1-5,8,11-13H,6-7,14H2/t8-,11-,12?,13+/m0/s1. The second-order valence-electron chi connectivity index (χ2n) is 5.13. The van der Waals surface area contributed by atoms with E-state index in [4.69, 9.17) is 15.2 Å². The van der Waals surface area contributed by atoms with Gasteiger partial charge in [-0.2, -0.15) is 0 Å². The molecule has 20 heavy (non-hydrogen) atoms. The molecule has 4 rings (SSSR count). The van der Waals surface area contributed by atoms with Gasteiger partial charge in [-0.3, -0.25) is 4.98 Å². The number of hydrogen-bond donors (Lipinski definition) is 1. The summed E-state index contributed by atoms with van der Waals surface area (Å²) in [6, 6.07) is 5.68. The molecule has 7 heteroatoms. The van der Waals surface area contributed by atoms with E-state index < -0.39 is 0 Å². The molecule has 4 atom stereocenters. The summed E-state index contributed by atoms with van der Waals surface area (Å²) < 4.78 is 13.2. The zero-order valence-electron chi connectivity index (χ0n) is 10.8. The lowest BCUT2D eigenvalue weighted by atomic mass is 10.1. The van der Waals surface area contributed by atoms with E-state index in [2.05, 4.69) is 15.3 Å².